The molecule has 0 radical (unpaired) electrons. The van der Waals surface area contributed by atoms with Crippen molar-refractivity contribution in [2.45, 2.75) is 24.0 Å². The topological polar surface area (TPSA) is 96.0 Å². The smallest absolute Gasteiger partial charge is 0.344 e. The number of carbonyl (C=O) groups excluding carboxylic acids is 2. The van der Waals surface area contributed by atoms with Gasteiger partial charge in [-0.05, 0) is 18.2 Å². The predicted octanol–water partition coefficient (Wildman–Crippen LogP) is 2.38. The van der Waals surface area contributed by atoms with Crippen LogP contribution in [0.15, 0.2) is 34.9 Å². The Labute approximate surface area is 156 Å². The van der Waals surface area contributed by atoms with E-state index >= 15 is 0 Å². The summed E-state index contributed by atoms with van der Waals surface area (Å²) in [5, 5.41) is -0.0520. The van der Waals surface area contributed by atoms with Crippen LogP contribution in [0.4, 0.5) is 0 Å². The first-order valence-electron chi connectivity index (χ1n) is 7.66. The molecule has 7 nitrogen and oxygen atoms in total. The number of hydrogen-bond donors (Lipinski definition) is 0. The normalized spacial score (nSPS) is 18.0. The van der Waals surface area contributed by atoms with Gasteiger partial charge < -0.3 is 14.2 Å². The van der Waals surface area contributed by atoms with E-state index in [4.69, 9.17) is 25.8 Å². The van der Waals surface area contributed by atoms with Gasteiger partial charge in [0.1, 0.15) is 5.76 Å². The van der Waals surface area contributed by atoms with Gasteiger partial charge in [-0.25, -0.2) is 13.2 Å². The molecular weight excluding hydrogens is 384 g/mol. The molecule has 0 amide bonds. The lowest BCUT2D eigenvalue weighted by Gasteiger charge is -2.27. The van der Waals surface area contributed by atoms with Gasteiger partial charge in [0.2, 0.25) is 0 Å². The first kappa shape index (κ1) is 20.6. The van der Waals surface area contributed by atoms with Crippen molar-refractivity contribution in [1.29, 1.82) is 0 Å². The Morgan fingerprint density at radius 2 is 1.88 bits per heavy atom. The third-order valence-corrected chi connectivity index (χ3v) is 5.33. The summed E-state index contributed by atoms with van der Waals surface area (Å²) < 4.78 is 38.7. The lowest BCUT2D eigenvalue weighted by molar-refractivity contribution is -0.147. The van der Waals surface area contributed by atoms with E-state index < -0.39 is 22.1 Å². The highest BCUT2D eigenvalue weighted by molar-refractivity contribution is 7.90. The highest BCUT2D eigenvalue weighted by Gasteiger charge is 2.30. The summed E-state index contributed by atoms with van der Waals surface area (Å²) in [4.78, 5) is 24.2. The van der Waals surface area contributed by atoms with E-state index in [1.54, 1.807) is 0 Å². The van der Waals surface area contributed by atoms with Crippen LogP contribution in [-0.4, -0.2) is 46.9 Å². The summed E-state index contributed by atoms with van der Waals surface area (Å²) in [6, 6.07) is 3.73. The third-order valence-electron chi connectivity index (χ3n) is 3.91. The van der Waals surface area contributed by atoms with Gasteiger partial charge in [0.15, 0.2) is 21.9 Å². The van der Waals surface area contributed by atoms with E-state index in [0.29, 0.717) is 0 Å². The molecule has 0 aromatic heterocycles. The lowest BCUT2D eigenvalue weighted by atomic mass is 9.91. The van der Waals surface area contributed by atoms with E-state index in [0.717, 1.165) is 6.26 Å². The van der Waals surface area contributed by atoms with Crippen molar-refractivity contribution < 1.29 is 32.2 Å². The second-order valence-electron chi connectivity index (χ2n) is 5.89. The van der Waals surface area contributed by atoms with Crippen molar-refractivity contribution in [2.24, 2.45) is 5.92 Å². The van der Waals surface area contributed by atoms with Crippen LogP contribution in [0.1, 0.15) is 23.2 Å². The van der Waals surface area contributed by atoms with Crippen LogP contribution in [-0.2, 0) is 28.8 Å². The third kappa shape index (κ3) is 4.91. The molecule has 1 unspecified atom stereocenters. The summed E-state index contributed by atoms with van der Waals surface area (Å²) in [6.07, 6.45) is 2.20. The van der Waals surface area contributed by atoms with Gasteiger partial charge in [0.25, 0.3) is 0 Å². The Morgan fingerprint density at radius 3 is 2.42 bits per heavy atom. The molecule has 0 fully saturated rings. The summed E-state index contributed by atoms with van der Waals surface area (Å²) >= 11 is 6.01. The van der Waals surface area contributed by atoms with Gasteiger partial charge >= 0.3 is 5.97 Å². The fraction of sp³-hybridized carbons (Fsp3) is 0.412. The van der Waals surface area contributed by atoms with Crippen molar-refractivity contribution >= 4 is 33.2 Å². The van der Waals surface area contributed by atoms with Gasteiger partial charge in [-0.1, -0.05) is 11.6 Å². The summed E-state index contributed by atoms with van der Waals surface area (Å²) in [5.74, 6) is -1.09. The SMILES string of the molecule is COC(OC)C1CC(=O)C=C(OC(=O)c2ccc(S(C)(=O)=O)cc2Cl)C1. The molecule has 0 spiro atoms. The maximum absolute atomic E-state index is 12.3. The Hall–Kier alpha value is -1.74. The number of ketones is 1. The van der Waals surface area contributed by atoms with Gasteiger partial charge in [0, 0.05) is 45.3 Å². The maximum atomic E-state index is 12.3. The number of halogens is 1. The Morgan fingerprint density at radius 1 is 1.23 bits per heavy atom. The van der Waals surface area contributed by atoms with E-state index in [-0.39, 0.29) is 45.8 Å². The number of hydrogen-bond acceptors (Lipinski definition) is 7. The Kier molecular flexibility index (Phi) is 6.57. The summed E-state index contributed by atoms with van der Waals surface area (Å²) in [6.45, 7) is 0. The van der Waals surface area contributed by atoms with Crippen LogP contribution in [0, 0.1) is 5.92 Å². The van der Waals surface area contributed by atoms with Gasteiger partial charge in [0.05, 0.1) is 15.5 Å². The monoisotopic (exact) mass is 402 g/mol. The number of ether oxygens (including phenoxy) is 3. The zero-order valence-electron chi connectivity index (χ0n) is 14.5. The Balaban J connectivity index is 2.18. The molecule has 0 aliphatic heterocycles. The molecule has 0 N–H and O–H groups in total. The molecule has 0 saturated heterocycles. The molecule has 1 aromatic carbocycles. The number of methoxy groups -OCH3 is 2. The first-order chi connectivity index (χ1) is 12.2. The average Bonchev–Trinajstić information content (AvgIpc) is 2.54. The van der Waals surface area contributed by atoms with Crippen molar-refractivity contribution in [2.75, 3.05) is 20.5 Å². The van der Waals surface area contributed by atoms with E-state index in [9.17, 15) is 18.0 Å². The molecular formula is C17H19ClO7S. The second kappa shape index (κ2) is 8.30. The molecule has 1 aromatic rings. The molecule has 0 bridgehead atoms. The molecule has 2 rings (SSSR count). The van der Waals surface area contributed by atoms with Crippen molar-refractivity contribution in [3.8, 4) is 0 Å². The van der Waals surface area contributed by atoms with Crippen molar-refractivity contribution in [3.63, 3.8) is 0 Å². The maximum Gasteiger partial charge on any atom is 0.344 e. The zero-order chi connectivity index (χ0) is 19.5. The molecule has 1 atom stereocenters. The zero-order valence-corrected chi connectivity index (χ0v) is 16.1. The second-order valence-corrected chi connectivity index (χ2v) is 8.31. The predicted molar refractivity (Wildman–Crippen MR) is 93.6 cm³/mol. The fourth-order valence-corrected chi connectivity index (χ4v) is 3.67. The van der Waals surface area contributed by atoms with Crippen LogP contribution in [0.2, 0.25) is 5.02 Å². The largest absolute Gasteiger partial charge is 0.427 e. The van der Waals surface area contributed by atoms with Crippen LogP contribution >= 0.6 is 11.6 Å². The highest BCUT2D eigenvalue weighted by atomic mass is 35.5. The minimum Gasteiger partial charge on any atom is -0.427 e. The number of benzene rings is 1. The van der Waals surface area contributed by atoms with Gasteiger partial charge in [-0.3, -0.25) is 4.79 Å². The van der Waals surface area contributed by atoms with Crippen LogP contribution < -0.4 is 0 Å². The Bertz CT molecular complexity index is 841. The van der Waals surface area contributed by atoms with E-state index in [2.05, 4.69) is 0 Å². The molecule has 26 heavy (non-hydrogen) atoms. The first-order valence-corrected chi connectivity index (χ1v) is 9.93. The molecule has 142 valence electrons. The molecule has 1 aliphatic rings. The van der Waals surface area contributed by atoms with E-state index in [1.165, 1.54) is 38.5 Å². The highest BCUT2D eigenvalue weighted by Crippen LogP contribution is 2.29. The molecule has 1 aliphatic carbocycles. The summed E-state index contributed by atoms with van der Waals surface area (Å²) in [5.41, 5.74) is 0.00423. The standard InChI is InChI=1S/C17H19ClO7S/c1-23-17(24-2)10-6-11(19)8-12(7-10)25-16(20)14-5-4-13(9-15(14)18)26(3,21)22/h4-5,8-10,17H,6-7H2,1-3H3. The van der Waals surface area contributed by atoms with Crippen LogP contribution in [0.5, 0.6) is 0 Å². The minimum atomic E-state index is -3.45. The number of sulfone groups is 1. The van der Waals surface area contributed by atoms with E-state index in [1.807, 2.05) is 0 Å². The average molecular weight is 403 g/mol. The van der Waals surface area contributed by atoms with Crippen molar-refractivity contribution in [1.82, 2.24) is 0 Å². The number of carbonyl (C=O) groups is 2. The number of allylic oxidation sites excluding steroid dienone is 2. The fourth-order valence-electron chi connectivity index (χ4n) is 2.70. The van der Waals surface area contributed by atoms with Crippen molar-refractivity contribution in [3.05, 3.63) is 40.6 Å². The van der Waals surface area contributed by atoms with Crippen LogP contribution in [0.3, 0.4) is 0 Å². The molecule has 0 saturated carbocycles. The lowest BCUT2D eigenvalue weighted by Crippen LogP contribution is -2.30. The number of rotatable bonds is 6. The minimum absolute atomic E-state index is 0.00423. The summed E-state index contributed by atoms with van der Waals surface area (Å²) in [7, 11) is -0.517. The van der Waals surface area contributed by atoms with Crippen LogP contribution in [0.25, 0.3) is 0 Å². The van der Waals surface area contributed by atoms with Gasteiger partial charge in [-0.2, -0.15) is 0 Å². The molecule has 9 heteroatoms. The number of esters is 1. The van der Waals surface area contributed by atoms with Gasteiger partial charge in [-0.15, -0.1) is 0 Å². The molecule has 0 heterocycles. The quantitative estimate of drug-likeness (QED) is 0.532.